The van der Waals surface area contributed by atoms with Gasteiger partial charge in [0.1, 0.15) is 0 Å². The predicted octanol–water partition coefficient (Wildman–Crippen LogP) is 1.10. The van der Waals surface area contributed by atoms with Crippen LogP contribution in [-0.2, 0) is 9.59 Å². The number of carbonyl (C=O) groups is 3. The van der Waals surface area contributed by atoms with Crippen molar-refractivity contribution < 1.29 is 19.5 Å². The third-order valence-electron chi connectivity index (χ3n) is 2.95. The van der Waals surface area contributed by atoms with E-state index < -0.39 is 29.6 Å². The van der Waals surface area contributed by atoms with Crippen LogP contribution in [0.1, 0.15) is 16.8 Å². The Labute approximate surface area is 113 Å². The zero-order valence-electron chi connectivity index (χ0n) is 9.72. The van der Waals surface area contributed by atoms with E-state index in [2.05, 4.69) is 5.32 Å². The van der Waals surface area contributed by atoms with Crippen molar-refractivity contribution in [1.29, 1.82) is 0 Å². The smallest absolute Gasteiger partial charge is 0.307 e. The van der Waals surface area contributed by atoms with Crippen molar-refractivity contribution in [2.45, 2.75) is 6.42 Å². The van der Waals surface area contributed by atoms with Crippen molar-refractivity contribution in [1.82, 2.24) is 0 Å². The lowest BCUT2D eigenvalue weighted by molar-refractivity contribution is -0.139. The highest BCUT2D eigenvalue weighted by Crippen LogP contribution is 2.39. The number of hydrogen-bond acceptors (Lipinski definition) is 3. The second kappa shape index (κ2) is 4.89. The Morgan fingerprint density at radius 3 is 2.53 bits per heavy atom. The predicted molar refractivity (Wildman–Crippen MR) is 67.8 cm³/mol. The number of nitrogens with two attached hydrogens (primary N) is 1. The quantitative estimate of drug-likeness (QED) is 0.768. The Morgan fingerprint density at radius 1 is 1.32 bits per heavy atom. The number of aliphatic carboxylic acids is 1. The highest BCUT2D eigenvalue weighted by Gasteiger charge is 2.48. The summed E-state index contributed by atoms with van der Waals surface area (Å²) < 4.78 is 0. The van der Waals surface area contributed by atoms with Gasteiger partial charge in [-0.05, 0) is 24.6 Å². The minimum Gasteiger partial charge on any atom is -0.481 e. The number of nitrogens with one attached hydrogen (secondary N) is 1. The van der Waals surface area contributed by atoms with Gasteiger partial charge in [-0.15, -0.1) is 0 Å². The molecule has 0 heterocycles. The lowest BCUT2D eigenvalue weighted by Crippen LogP contribution is -2.18. The third-order valence-corrected chi connectivity index (χ3v) is 3.28. The molecule has 100 valence electrons. The SMILES string of the molecule is NC(=O)c1ccc(Cl)c(NC(=O)[C@@H]2C[C@@H]2C(=O)O)c1. The van der Waals surface area contributed by atoms with Crippen LogP contribution >= 0.6 is 11.6 Å². The van der Waals surface area contributed by atoms with Crippen LogP contribution in [0.5, 0.6) is 0 Å². The molecule has 2 atom stereocenters. The summed E-state index contributed by atoms with van der Waals surface area (Å²) in [6.07, 6.45) is 0.314. The Morgan fingerprint density at radius 2 is 2.00 bits per heavy atom. The minimum absolute atomic E-state index is 0.213. The summed E-state index contributed by atoms with van der Waals surface area (Å²) >= 11 is 5.89. The molecule has 1 aliphatic rings. The van der Waals surface area contributed by atoms with Crippen LogP contribution in [0.2, 0.25) is 5.02 Å². The topological polar surface area (TPSA) is 109 Å². The van der Waals surface area contributed by atoms with E-state index in [1.165, 1.54) is 18.2 Å². The number of benzene rings is 1. The van der Waals surface area contributed by atoms with E-state index >= 15 is 0 Å². The van der Waals surface area contributed by atoms with E-state index in [9.17, 15) is 14.4 Å². The van der Waals surface area contributed by atoms with Gasteiger partial charge in [0.2, 0.25) is 11.8 Å². The van der Waals surface area contributed by atoms with Gasteiger partial charge in [0.15, 0.2) is 0 Å². The van der Waals surface area contributed by atoms with Crippen LogP contribution in [0, 0.1) is 11.8 Å². The van der Waals surface area contributed by atoms with Gasteiger partial charge in [0, 0.05) is 5.56 Å². The molecule has 19 heavy (non-hydrogen) atoms. The molecule has 0 unspecified atom stereocenters. The summed E-state index contributed by atoms with van der Waals surface area (Å²) in [5.74, 6) is -3.24. The van der Waals surface area contributed by atoms with Crippen LogP contribution in [-0.4, -0.2) is 22.9 Å². The summed E-state index contributed by atoms with van der Waals surface area (Å²) in [6, 6.07) is 4.25. The number of rotatable bonds is 4. The summed E-state index contributed by atoms with van der Waals surface area (Å²) in [5.41, 5.74) is 5.59. The summed E-state index contributed by atoms with van der Waals surface area (Å²) in [6.45, 7) is 0. The Hall–Kier alpha value is -2.08. The third kappa shape index (κ3) is 2.85. The maximum Gasteiger partial charge on any atom is 0.307 e. The van der Waals surface area contributed by atoms with Gasteiger partial charge in [0.25, 0.3) is 0 Å². The zero-order valence-corrected chi connectivity index (χ0v) is 10.5. The molecule has 0 aromatic heterocycles. The fourth-order valence-corrected chi connectivity index (χ4v) is 1.92. The van der Waals surface area contributed by atoms with Crippen molar-refractivity contribution in [2.75, 3.05) is 5.32 Å². The fraction of sp³-hybridized carbons (Fsp3) is 0.250. The van der Waals surface area contributed by atoms with Crippen molar-refractivity contribution in [3.05, 3.63) is 28.8 Å². The number of halogens is 1. The number of primary amides is 1. The van der Waals surface area contributed by atoms with Gasteiger partial charge in [-0.25, -0.2) is 0 Å². The normalized spacial score (nSPS) is 20.7. The van der Waals surface area contributed by atoms with Gasteiger partial charge in [0.05, 0.1) is 22.5 Å². The first-order chi connectivity index (χ1) is 8.90. The highest BCUT2D eigenvalue weighted by molar-refractivity contribution is 6.34. The summed E-state index contributed by atoms with van der Waals surface area (Å²) in [7, 11) is 0. The molecule has 2 rings (SSSR count). The van der Waals surface area contributed by atoms with Crippen molar-refractivity contribution in [2.24, 2.45) is 17.6 Å². The van der Waals surface area contributed by atoms with Crippen LogP contribution in [0.25, 0.3) is 0 Å². The van der Waals surface area contributed by atoms with E-state index in [1.807, 2.05) is 0 Å². The van der Waals surface area contributed by atoms with E-state index in [1.54, 1.807) is 0 Å². The molecule has 2 amide bonds. The number of amides is 2. The minimum atomic E-state index is -0.989. The summed E-state index contributed by atoms with van der Waals surface area (Å²) in [4.78, 5) is 33.5. The van der Waals surface area contributed by atoms with E-state index in [4.69, 9.17) is 22.4 Å². The molecule has 0 radical (unpaired) electrons. The fourth-order valence-electron chi connectivity index (χ4n) is 1.76. The molecule has 0 aliphatic heterocycles. The monoisotopic (exact) mass is 282 g/mol. The maximum atomic E-state index is 11.8. The maximum absolute atomic E-state index is 11.8. The molecule has 4 N–H and O–H groups in total. The van der Waals surface area contributed by atoms with Crippen LogP contribution in [0.3, 0.4) is 0 Å². The average Bonchev–Trinajstić information content (AvgIpc) is 3.11. The van der Waals surface area contributed by atoms with Crippen LogP contribution in [0.15, 0.2) is 18.2 Å². The van der Waals surface area contributed by atoms with E-state index in [-0.39, 0.29) is 16.3 Å². The highest BCUT2D eigenvalue weighted by atomic mass is 35.5. The molecule has 0 saturated heterocycles. The molecule has 1 aromatic rings. The summed E-state index contributed by atoms with van der Waals surface area (Å²) in [5, 5.41) is 11.5. The Bertz CT molecular complexity index is 573. The van der Waals surface area contributed by atoms with Gasteiger partial charge in [-0.1, -0.05) is 11.6 Å². The van der Waals surface area contributed by atoms with Gasteiger partial charge >= 0.3 is 5.97 Å². The van der Waals surface area contributed by atoms with Crippen LogP contribution < -0.4 is 11.1 Å². The molecule has 0 bridgehead atoms. The molecular formula is C12H11ClN2O4. The van der Waals surface area contributed by atoms with Gasteiger partial charge in [-0.3, -0.25) is 14.4 Å². The van der Waals surface area contributed by atoms with Gasteiger partial charge in [-0.2, -0.15) is 0 Å². The van der Waals surface area contributed by atoms with Crippen molar-refractivity contribution in [3.63, 3.8) is 0 Å². The Balaban J connectivity index is 2.11. The first-order valence-corrected chi connectivity index (χ1v) is 5.91. The number of anilines is 1. The number of hydrogen-bond donors (Lipinski definition) is 3. The molecule has 0 spiro atoms. The number of carboxylic acids is 1. The molecule has 1 saturated carbocycles. The van der Waals surface area contributed by atoms with E-state index in [0.29, 0.717) is 6.42 Å². The lowest BCUT2D eigenvalue weighted by atomic mass is 10.2. The molecule has 1 aromatic carbocycles. The van der Waals surface area contributed by atoms with Crippen molar-refractivity contribution in [3.8, 4) is 0 Å². The first-order valence-electron chi connectivity index (χ1n) is 5.53. The Kier molecular flexibility index (Phi) is 3.44. The zero-order chi connectivity index (χ0) is 14.2. The molecule has 1 aliphatic carbocycles. The molecule has 7 heteroatoms. The average molecular weight is 283 g/mol. The second-order valence-corrected chi connectivity index (χ2v) is 4.74. The molecule has 6 nitrogen and oxygen atoms in total. The van der Waals surface area contributed by atoms with Gasteiger partial charge < -0.3 is 16.2 Å². The van der Waals surface area contributed by atoms with Crippen molar-refractivity contribution >= 4 is 35.1 Å². The number of carboxylic acid groups (broad SMARTS) is 1. The lowest BCUT2D eigenvalue weighted by Gasteiger charge is -2.08. The largest absolute Gasteiger partial charge is 0.481 e. The van der Waals surface area contributed by atoms with E-state index in [0.717, 1.165) is 0 Å². The van der Waals surface area contributed by atoms with Crippen LogP contribution in [0.4, 0.5) is 5.69 Å². The number of carbonyl (C=O) groups excluding carboxylic acids is 2. The molecular weight excluding hydrogens is 272 g/mol. The molecule has 1 fully saturated rings. The second-order valence-electron chi connectivity index (χ2n) is 4.34. The first kappa shape index (κ1) is 13.4. The standard InChI is InChI=1S/C12H11ClN2O4/c13-8-2-1-5(10(14)16)3-9(8)15-11(17)6-4-7(6)12(18)19/h1-3,6-7H,4H2,(H2,14,16)(H,15,17)(H,18,19)/t6-,7+/m1/s1.